The van der Waals surface area contributed by atoms with Crippen LogP contribution in [0, 0.1) is 0 Å². The van der Waals surface area contributed by atoms with Crippen molar-refractivity contribution >= 4 is 39.9 Å². The van der Waals surface area contributed by atoms with Crippen molar-refractivity contribution in [3.05, 3.63) is 70.0 Å². The molecule has 0 unspecified atom stereocenters. The van der Waals surface area contributed by atoms with Gasteiger partial charge in [-0.1, -0.05) is 35.9 Å². The molecule has 1 saturated heterocycles. The van der Waals surface area contributed by atoms with Crippen molar-refractivity contribution in [2.75, 3.05) is 42.9 Å². The molecular formula is C21H20ClN3O3. The summed E-state index contributed by atoms with van der Waals surface area (Å²) in [6, 6.07) is 16.3. The van der Waals surface area contributed by atoms with Crippen LogP contribution in [0.15, 0.2) is 63.8 Å². The Bertz CT molecular complexity index is 1060. The largest absolute Gasteiger partial charge is 0.423 e. The van der Waals surface area contributed by atoms with Gasteiger partial charge in [0.2, 0.25) is 5.91 Å². The van der Waals surface area contributed by atoms with Gasteiger partial charge in [-0.3, -0.25) is 9.69 Å². The van der Waals surface area contributed by atoms with E-state index in [0.29, 0.717) is 22.8 Å². The van der Waals surface area contributed by atoms with E-state index in [4.69, 9.17) is 16.0 Å². The summed E-state index contributed by atoms with van der Waals surface area (Å²) in [5, 5.41) is 4.30. The van der Waals surface area contributed by atoms with Crippen LogP contribution in [0.3, 0.4) is 0 Å². The summed E-state index contributed by atoms with van der Waals surface area (Å²) >= 11 is 6.09. The van der Waals surface area contributed by atoms with Gasteiger partial charge in [-0.15, -0.1) is 0 Å². The Morgan fingerprint density at radius 2 is 1.75 bits per heavy atom. The lowest BCUT2D eigenvalue weighted by Gasteiger charge is -2.36. The highest BCUT2D eigenvalue weighted by Gasteiger charge is 2.21. The summed E-state index contributed by atoms with van der Waals surface area (Å²) < 4.78 is 5.28. The average molecular weight is 398 g/mol. The SMILES string of the molecule is O=C(CN1CCN(c2cc(=O)oc3ccccc23)CC1)Nc1ccccc1Cl. The minimum atomic E-state index is -0.352. The average Bonchev–Trinajstić information content (AvgIpc) is 2.70. The number of hydrogen-bond acceptors (Lipinski definition) is 5. The number of halogens is 1. The number of nitrogens with zero attached hydrogens (tertiary/aromatic N) is 2. The third-order valence-corrected chi connectivity index (χ3v) is 5.19. The van der Waals surface area contributed by atoms with E-state index >= 15 is 0 Å². The fourth-order valence-corrected chi connectivity index (χ4v) is 3.64. The molecule has 1 N–H and O–H groups in total. The Kier molecular flexibility index (Phi) is 5.32. The normalized spacial score (nSPS) is 15.0. The first-order valence-corrected chi connectivity index (χ1v) is 9.52. The highest BCUT2D eigenvalue weighted by molar-refractivity contribution is 6.33. The molecule has 0 atom stereocenters. The molecule has 1 amide bonds. The molecule has 0 spiro atoms. The Balaban J connectivity index is 1.39. The number of fused-ring (bicyclic) bond motifs is 1. The molecule has 1 aliphatic heterocycles. The van der Waals surface area contributed by atoms with Crippen LogP contribution in [0.2, 0.25) is 5.02 Å². The number of amides is 1. The first-order chi connectivity index (χ1) is 13.6. The van der Waals surface area contributed by atoms with Crippen LogP contribution in [-0.4, -0.2) is 43.5 Å². The highest BCUT2D eigenvalue weighted by atomic mass is 35.5. The van der Waals surface area contributed by atoms with Crippen molar-refractivity contribution in [3.63, 3.8) is 0 Å². The van der Waals surface area contributed by atoms with Gasteiger partial charge in [0, 0.05) is 37.6 Å². The molecule has 1 aromatic heterocycles. The number of carbonyl (C=O) groups excluding carboxylic acids is 1. The van der Waals surface area contributed by atoms with Crippen LogP contribution in [0.1, 0.15) is 0 Å². The van der Waals surface area contributed by atoms with Crippen molar-refractivity contribution in [1.29, 1.82) is 0 Å². The second-order valence-corrected chi connectivity index (χ2v) is 7.15. The summed E-state index contributed by atoms with van der Waals surface area (Å²) in [7, 11) is 0. The van der Waals surface area contributed by atoms with Gasteiger partial charge in [-0.05, 0) is 24.3 Å². The smallest absolute Gasteiger partial charge is 0.338 e. The molecule has 4 rings (SSSR count). The standard InChI is InChI=1S/C21H20ClN3O3/c22-16-6-2-3-7-17(16)23-20(26)14-24-9-11-25(12-10-24)18-13-21(27)28-19-8-4-1-5-15(18)19/h1-8,13H,9-12,14H2,(H,23,26). The number of carbonyl (C=O) groups is 1. The zero-order chi connectivity index (χ0) is 19.5. The molecule has 0 radical (unpaired) electrons. The molecule has 28 heavy (non-hydrogen) atoms. The van der Waals surface area contributed by atoms with Crippen LogP contribution in [-0.2, 0) is 4.79 Å². The second kappa shape index (κ2) is 8.04. The summed E-state index contributed by atoms with van der Waals surface area (Å²) in [6.07, 6.45) is 0. The number of anilines is 2. The topological polar surface area (TPSA) is 65.8 Å². The molecule has 7 heteroatoms. The van der Waals surface area contributed by atoms with Gasteiger partial charge in [-0.25, -0.2) is 4.79 Å². The minimum Gasteiger partial charge on any atom is -0.423 e. The summed E-state index contributed by atoms with van der Waals surface area (Å²) in [6.45, 7) is 3.21. The number of piperazine rings is 1. The highest BCUT2D eigenvalue weighted by Crippen LogP contribution is 2.26. The van der Waals surface area contributed by atoms with E-state index in [-0.39, 0.29) is 11.5 Å². The molecule has 2 heterocycles. The summed E-state index contributed by atoms with van der Waals surface area (Å²) in [5.74, 6) is -0.0904. The van der Waals surface area contributed by atoms with Crippen molar-refractivity contribution < 1.29 is 9.21 Å². The van der Waals surface area contributed by atoms with Gasteiger partial charge < -0.3 is 14.6 Å². The minimum absolute atomic E-state index is 0.0904. The quantitative estimate of drug-likeness (QED) is 0.685. The molecule has 0 bridgehead atoms. The van der Waals surface area contributed by atoms with E-state index in [1.807, 2.05) is 30.3 Å². The fourth-order valence-electron chi connectivity index (χ4n) is 3.46. The van der Waals surface area contributed by atoms with Gasteiger partial charge >= 0.3 is 5.63 Å². The second-order valence-electron chi connectivity index (χ2n) is 6.74. The molecule has 1 aliphatic rings. The third kappa shape index (κ3) is 4.03. The first kappa shape index (κ1) is 18.5. The lowest BCUT2D eigenvalue weighted by atomic mass is 10.1. The molecule has 0 saturated carbocycles. The van der Waals surface area contributed by atoms with E-state index in [1.54, 1.807) is 24.3 Å². The molecule has 144 valence electrons. The van der Waals surface area contributed by atoms with Gasteiger partial charge in [-0.2, -0.15) is 0 Å². The van der Waals surface area contributed by atoms with E-state index in [0.717, 1.165) is 37.3 Å². The number of para-hydroxylation sites is 2. The maximum Gasteiger partial charge on any atom is 0.338 e. The van der Waals surface area contributed by atoms with Gasteiger partial charge in [0.1, 0.15) is 5.58 Å². The van der Waals surface area contributed by atoms with E-state index in [2.05, 4.69) is 15.1 Å². The number of rotatable bonds is 4. The maximum atomic E-state index is 12.3. The van der Waals surface area contributed by atoms with E-state index < -0.39 is 0 Å². The van der Waals surface area contributed by atoms with Gasteiger partial charge in [0.15, 0.2) is 0 Å². The Morgan fingerprint density at radius 3 is 2.54 bits per heavy atom. The Labute approximate surface area is 167 Å². The van der Waals surface area contributed by atoms with Crippen LogP contribution in [0.25, 0.3) is 11.0 Å². The van der Waals surface area contributed by atoms with Crippen LogP contribution in [0.4, 0.5) is 11.4 Å². The Hall–Kier alpha value is -2.83. The van der Waals surface area contributed by atoms with Crippen LogP contribution >= 0.6 is 11.6 Å². The van der Waals surface area contributed by atoms with Gasteiger partial charge in [0.25, 0.3) is 0 Å². The van der Waals surface area contributed by atoms with Crippen molar-refractivity contribution in [1.82, 2.24) is 4.90 Å². The van der Waals surface area contributed by atoms with Crippen LogP contribution < -0.4 is 15.8 Å². The number of benzene rings is 2. The zero-order valence-corrected chi connectivity index (χ0v) is 16.0. The van der Waals surface area contributed by atoms with E-state index in [1.165, 1.54) is 0 Å². The molecule has 2 aromatic carbocycles. The predicted molar refractivity (Wildman–Crippen MR) is 111 cm³/mol. The van der Waals surface area contributed by atoms with Crippen molar-refractivity contribution in [2.45, 2.75) is 0 Å². The molecule has 0 aliphatic carbocycles. The molecule has 6 nitrogen and oxygen atoms in total. The lowest BCUT2D eigenvalue weighted by molar-refractivity contribution is -0.117. The monoisotopic (exact) mass is 397 g/mol. The summed E-state index contributed by atoms with van der Waals surface area (Å²) in [4.78, 5) is 28.5. The fraction of sp³-hybridized carbons (Fsp3) is 0.238. The molecular weight excluding hydrogens is 378 g/mol. The zero-order valence-electron chi connectivity index (χ0n) is 15.2. The first-order valence-electron chi connectivity index (χ1n) is 9.15. The number of hydrogen-bond donors (Lipinski definition) is 1. The van der Waals surface area contributed by atoms with Crippen molar-refractivity contribution in [2.24, 2.45) is 0 Å². The van der Waals surface area contributed by atoms with Crippen molar-refractivity contribution in [3.8, 4) is 0 Å². The Morgan fingerprint density at radius 1 is 1.04 bits per heavy atom. The maximum absolute atomic E-state index is 12.3. The number of nitrogens with one attached hydrogen (secondary N) is 1. The van der Waals surface area contributed by atoms with Gasteiger partial charge in [0.05, 0.1) is 22.9 Å². The van der Waals surface area contributed by atoms with Crippen LogP contribution in [0.5, 0.6) is 0 Å². The molecule has 1 fully saturated rings. The summed E-state index contributed by atoms with van der Waals surface area (Å²) in [5.41, 5.74) is 1.74. The molecule has 3 aromatic rings. The van der Waals surface area contributed by atoms with E-state index in [9.17, 15) is 9.59 Å². The third-order valence-electron chi connectivity index (χ3n) is 4.86. The lowest BCUT2D eigenvalue weighted by Crippen LogP contribution is -2.48. The predicted octanol–water partition coefficient (Wildman–Crippen LogP) is 3.21.